The fourth-order valence-corrected chi connectivity index (χ4v) is 6.82. The third kappa shape index (κ3) is 3.56. The highest BCUT2D eigenvalue weighted by Crippen LogP contribution is 2.46. The van der Waals surface area contributed by atoms with Gasteiger partial charge in [-0.15, -0.1) is 0 Å². The molecule has 0 saturated heterocycles. The lowest BCUT2D eigenvalue weighted by atomic mass is 9.88. The van der Waals surface area contributed by atoms with E-state index in [2.05, 4.69) is 78.8 Å². The molecule has 3 aromatic rings. The summed E-state index contributed by atoms with van der Waals surface area (Å²) in [7, 11) is 0. The molecule has 1 aromatic heterocycles. The van der Waals surface area contributed by atoms with E-state index in [1.807, 2.05) is 11.8 Å². The van der Waals surface area contributed by atoms with Crippen LogP contribution in [-0.2, 0) is 13.0 Å². The number of para-hydroxylation sites is 1. The van der Waals surface area contributed by atoms with E-state index in [0.29, 0.717) is 0 Å². The minimum atomic E-state index is 0.992. The van der Waals surface area contributed by atoms with Crippen molar-refractivity contribution in [2.45, 2.75) is 64.3 Å². The fraction of sp³-hybridized carbons (Fsp3) is 0.345. The van der Waals surface area contributed by atoms with Gasteiger partial charge in [-0.25, -0.2) is 0 Å². The first-order valence-corrected chi connectivity index (χ1v) is 13.1. The van der Waals surface area contributed by atoms with Gasteiger partial charge in [-0.1, -0.05) is 23.9 Å². The average Bonchev–Trinajstić information content (AvgIpc) is 3.34. The molecule has 0 fully saturated rings. The van der Waals surface area contributed by atoms with Gasteiger partial charge in [-0.05, 0) is 99.1 Å². The molecule has 0 unspecified atom stereocenters. The lowest BCUT2D eigenvalue weighted by Crippen LogP contribution is -2.38. The van der Waals surface area contributed by atoms with Crippen molar-refractivity contribution in [3.63, 3.8) is 0 Å². The number of fused-ring (bicyclic) bond motifs is 1. The maximum Gasteiger partial charge on any atom is 0.374 e. The number of oxazole rings is 1. The van der Waals surface area contributed by atoms with Gasteiger partial charge >= 0.3 is 5.89 Å². The van der Waals surface area contributed by atoms with E-state index in [4.69, 9.17) is 4.42 Å². The number of allylic oxidation sites excluding steroid dienone is 4. The lowest BCUT2D eigenvalue weighted by molar-refractivity contribution is -0.681. The van der Waals surface area contributed by atoms with Crippen molar-refractivity contribution < 1.29 is 8.98 Å². The molecule has 0 spiro atoms. The molecule has 0 radical (unpaired) electrons. The molecular weight excluding hydrogens is 424 g/mol. The first kappa shape index (κ1) is 20.9. The minimum absolute atomic E-state index is 0.992. The number of nitrogens with zero attached hydrogens (tertiary/aromatic N) is 2. The van der Waals surface area contributed by atoms with Crippen LogP contribution in [0, 0.1) is 6.92 Å². The SMILES string of the molecule is CCN1C(=CC2=C(C)C(=Cc3oc4cc(C)cc5c4[n+]3CCC5)CCC2)Sc2ccccc21. The van der Waals surface area contributed by atoms with E-state index < -0.39 is 0 Å². The molecule has 2 aromatic carbocycles. The van der Waals surface area contributed by atoms with Crippen LogP contribution in [0.15, 0.2) is 73.5 Å². The van der Waals surface area contributed by atoms with Crippen molar-refractivity contribution in [1.82, 2.24) is 0 Å². The summed E-state index contributed by atoms with van der Waals surface area (Å²) in [6.45, 7) is 8.75. The van der Waals surface area contributed by atoms with Crippen molar-refractivity contribution in [2.24, 2.45) is 0 Å². The Labute approximate surface area is 200 Å². The van der Waals surface area contributed by atoms with Crippen LogP contribution >= 0.6 is 11.8 Å². The lowest BCUT2D eigenvalue weighted by Gasteiger charge is -2.22. The summed E-state index contributed by atoms with van der Waals surface area (Å²) in [6, 6.07) is 13.3. The Balaban J connectivity index is 1.40. The summed E-state index contributed by atoms with van der Waals surface area (Å²) in [4.78, 5) is 3.81. The quantitative estimate of drug-likeness (QED) is 0.386. The third-order valence-corrected chi connectivity index (χ3v) is 8.39. The van der Waals surface area contributed by atoms with E-state index in [-0.39, 0.29) is 0 Å². The summed E-state index contributed by atoms with van der Waals surface area (Å²) in [6.07, 6.45) is 10.5. The fourth-order valence-electron chi connectivity index (χ4n) is 5.62. The Morgan fingerprint density at radius 1 is 1.06 bits per heavy atom. The molecule has 0 amide bonds. The first-order valence-electron chi connectivity index (χ1n) is 12.2. The van der Waals surface area contributed by atoms with E-state index in [0.717, 1.165) is 43.8 Å². The van der Waals surface area contributed by atoms with Crippen LogP contribution in [0.5, 0.6) is 0 Å². The van der Waals surface area contributed by atoms with Gasteiger partial charge < -0.3 is 9.32 Å². The highest BCUT2D eigenvalue weighted by Gasteiger charge is 2.29. The Morgan fingerprint density at radius 2 is 1.94 bits per heavy atom. The van der Waals surface area contributed by atoms with Crippen LogP contribution in [0.2, 0.25) is 0 Å². The maximum atomic E-state index is 6.42. The second-order valence-corrected chi connectivity index (χ2v) is 10.5. The molecule has 1 aliphatic carbocycles. The van der Waals surface area contributed by atoms with Gasteiger partial charge in [0, 0.05) is 23.4 Å². The van der Waals surface area contributed by atoms with Crippen molar-refractivity contribution in [1.29, 1.82) is 0 Å². The molecule has 0 saturated carbocycles. The zero-order valence-corrected chi connectivity index (χ0v) is 20.6. The summed E-state index contributed by atoms with van der Waals surface area (Å²) < 4.78 is 8.83. The van der Waals surface area contributed by atoms with E-state index in [1.54, 1.807) is 0 Å². The van der Waals surface area contributed by atoms with Crippen LogP contribution in [0.3, 0.4) is 0 Å². The van der Waals surface area contributed by atoms with E-state index in [9.17, 15) is 0 Å². The number of thioether (sulfide) groups is 1. The van der Waals surface area contributed by atoms with Crippen molar-refractivity contribution >= 4 is 34.6 Å². The van der Waals surface area contributed by atoms with Gasteiger partial charge in [-0.3, -0.25) is 0 Å². The summed E-state index contributed by atoms with van der Waals surface area (Å²) >= 11 is 1.90. The third-order valence-electron chi connectivity index (χ3n) is 7.28. The maximum absolute atomic E-state index is 6.42. The van der Waals surface area contributed by atoms with Gasteiger partial charge in [-0.2, -0.15) is 4.57 Å². The van der Waals surface area contributed by atoms with Crippen molar-refractivity contribution in [2.75, 3.05) is 11.4 Å². The smallest absolute Gasteiger partial charge is 0.374 e. The predicted molar refractivity (Wildman–Crippen MR) is 137 cm³/mol. The molecule has 0 bridgehead atoms. The van der Waals surface area contributed by atoms with Crippen molar-refractivity contribution in [3.8, 4) is 0 Å². The zero-order valence-electron chi connectivity index (χ0n) is 19.8. The topological polar surface area (TPSA) is 20.3 Å². The number of hydrogen-bond acceptors (Lipinski definition) is 3. The van der Waals surface area contributed by atoms with Crippen molar-refractivity contribution in [3.05, 3.63) is 81.2 Å². The van der Waals surface area contributed by atoms with Crippen LogP contribution in [-0.4, -0.2) is 6.54 Å². The van der Waals surface area contributed by atoms with Crippen LogP contribution in [0.25, 0.3) is 17.2 Å². The number of aromatic nitrogens is 1. The summed E-state index contributed by atoms with van der Waals surface area (Å²) in [5.41, 5.74) is 10.7. The number of benzene rings is 2. The Bertz CT molecular complexity index is 1360. The molecule has 168 valence electrons. The van der Waals surface area contributed by atoms with Crippen LogP contribution in [0.1, 0.15) is 56.5 Å². The van der Waals surface area contributed by atoms with Gasteiger partial charge in [0.25, 0.3) is 5.52 Å². The van der Waals surface area contributed by atoms with Gasteiger partial charge in [0.15, 0.2) is 6.54 Å². The summed E-state index contributed by atoms with van der Waals surface area (Å²) in [5.74, 6) is 1.01. The average molecular weight is 456 g/mol. The number of hydrogen-bond donors (Lipinski definition) is 0. The Hall–Kier alpha value is -2.72. The molecule has 2 aliphatic heterocycles. The molecule has 33 heavy (non-hydrogen) atoms. The molecule has 6 rings (SSSR count). The zero-order chi connectivity index (χ0) is 22.5. The van der Waals surface area contributed by atoms with E-state index in [1.165, 1.54) is 61.8 Å². The Morgan fingerprint density at radius 3 is 2.82 bits per heavy atom. The molecule has 4 heteroatoms. The minimum Gasteiger partial charge on any atom is -0.398 e. The number of rotatable bonds is 3. The van der Waals surface area contributed by atoms with Gasteiger partial charge in [0.1, 0.15) is 0 Å². The second-order valence-electron chi connectivity index (χ2n) is 9.44. The number of aryl methyl sites for hydroxylation is 3. The molecule has 0 atom stereocenters. The normalized spacial score (nSPS) is 20.4. The van der Waals surface area contributed by atoms with Gasteiger partial charge in [0.05, 0.1) is 16.8 Å². The van der Waals surface area contributed by atoms with Crippen LogP contribution in [0.4, 0.5) is 5.69 Å². The molecule has 3 nitrogen and oxygen atoms in total. The second kappa shape index (κ2) is 8.25. The highest BCUT2D eigenvalue weighted by atomic mass is 32.2. The Kier molecular flexibility index (Phi) is 5.21. The standard InChI is InChI=1S/C29H31N2OS/c1-4-30-24-12-5-6-13-26(24)33-28(30)18-22-10-7-9-21(20(22)3)17-27-31-14-8-11-23-15-19(2)16-25(32-27)29(23)31/h5-6,12-13,15-18H,4,7-11,14H2,1-3H3/q+1. The molecule has 3 aliphatic rings. The van der Waals surface area contributed by atoms with Gasteiger partial charge in [0.2, 0.25) is 5.58 Å². The van der Waals surface area contributed by atoms with Crippen LogP contribution < -0.4 is 9.47 Å². The van der Waals surface area contributed by atoms with E-state index >= 15 is 0 Å². The largest absolute Gasteiger partial charge is 0.398 e. The molecule has 0 N–H and O–H groups in total. The first-order chi connectivity index (χ1) is 16.1. The molecule has 3 heterocycles. The monoisotopic (exact) mass is 455 g/mol. The summed E-state index contributed by atoms with van der Waals surface area (Å²) in [5, 5.41) is 1.35. The number of anilines is 1. The molecular formula is C29H31N2OS+. The highest BCUT2D eigenvalue weighted by molar-refractivity contribution is 8.03. The predicted octanol–water partition coefficient (Wildman–Crippen LogP) is 7.33.